The molecular formula is C33H47BO7. The SMILES string of the molecule is CC(C)(O)CC[C@H]1OB(c2ccccc2)O[C@]1(C)[C@H]1CC[C@@]2(O)C3=CC(=O)[C@@H]4C[C@@H](O)[C@@H](O)C[C@]4(C)C3CC[C@]12C. The fourth-order valence-corrected chi connectivity index (χ4v) is 9.81. The van der Waals surface area contributed by atoms with Crippen LogP contribution in [0.2, 0.25) is 0 Å². The number of hydrogen-bond donors (Lipinski definition) is 4. The van der Waals surface area contributed by atoms with Gasteiger partial charge in [0.05, 0.1) is 35.1 Å². The lowest BCUT2D eigenvalue weighted by Crippen LogP contribution is -2.62. The van der Waals surface area contributed by atoms with Gasteiger partial charge in [-0.25, -0.2) is 0 Å². The van der Waals surface area contributed by atoms with Crippen molar-refractivity contribution in [3.05, 3.63) is 42.0 Å². The molecule has 1 saturated heterocycles. The van der Waals surface area contributed by atoms with Crippen molar-refractivity contribution in [1.29, 1.82) is 0 Å². The number of rotatable bonds is 5. The molecule has 0 spiro atoms. The molecule has 4 fully saturated rings. The molecule has 4 N–H and O–H groups in total. The molecule has 0 bridgehead atoms. The Balaban J connectivity index is 1.36. The smallest absolute Gasteiger partial charge is 0.402 e. The van der Waals surface area contributed by atoms with Crippen LogP contribution in [0.1, 0.15) is 86.0 Å². The summed E-state index contributed by atoms with van der Waals surface area (Å²) in [7, 11) is -0.535. The van der Waals surface area contributed by atoms with Gasteiger partial charge < -0.3 is 29.7 Å². The third-order valence-corrected chi connectivity index (χ3v) is 12.2. The van der Waals surface area contributed by atoms with Crippen molar-refractivity contribution in [2.75, 3.05) is 0 Å². The minimum atomic E-state index is -1.18. The first-order valence-corrected chi connectivity index (χ1v) is 15.6. The van der Waals surface area contributed by atoms with Crippen molar-refractivity contribution in [2.24, 2.45) is 28.6 Å². The van der Waals surface area contributed by atoms with Gasteiger partial charge in [-0.1, -0.05) is 44.2 Å². The minimum absolute atomic E-state index is 0.0271. The summed E-state index contributed by atoms with van der Waals surface area (Å²) in [6.07, 6.45) is 4.30. The Morgan fingerprint density at radius 2 is 1.73 bits per heavy atom. The minimum Gasteiger partial charge on any atom is -0.402 e. The first kappa shape index (κ1) is 29.5. The van der Waals surface area contributed by atoms with Crippen LogP contribution in [0.15, 0.2) is 42.0 Å². The van der Waals surface area contributed by atoms with Crippen LogP contribution in [0.3, 0.4) is 0 Å². The molecule has 4 aliphatic carbocycles. The van der Waals surface area contributed by atoms with Crippen molar-refractivity contribution in [2.45, 2.75) is 121 Å². The van der Waals surface area contributed by atoms with Crippen LogP contribution >= 0.6 is 0 Å². The molecule has 7 nitrogen and oxygen atoms in total. The highest BCUT2D eigenvalue weighted by Gasteiger charge is 2.71. The lowest BCUT2D eigenvalue weighted by Gasteiger charge is -2.60. The molecule has 0 radical (unpaired) electrons. The van der Waals surface area contributed by atoms with E-state index in [1.54, 1.807) is 6.08 Å². The fourth-order valence-electron chi connectivity index (χ4n) is 9.81. The molecule has 1 aliphatic heterocycles. The lowest BCUT2D eigenvalue weighted by molar-refractivity contribution is -0.160. The summed E-state index contributed by atoms with van der Waals surface area (Å²) in [5.41, 5.74) is -2.02. The van der Waals surface area contributed by atoms with Crippen LogP contribution in [-0.2, 0) is 14.1 Å². The van der Waals surface area contributed by atoms with E-state index < -0.39 is 47.0 Å². The van der Waals surface area contributed by atoms with Crippen molar-refractivity contribution >= 4 is 18.4 Å². The Bertz CT molecular complexity index is 1210. The van der Waals surface area contributed by atoms with E-state index in [0.717, 1.165) is 30.3 Å². The van der Waals surface area contributed by atoms with Gasteiger partial charge in [-0.3, -0.25) is 4.79 Å². The fraction of sp³-hybridized carbons (Fsp3) is 0.727. The topological polar surface area (TPSA) is 116 Å². The third-order valence-electron chi connectivity index (χ3n) is 12.2. The molecule has 3 saturated carbocycles. The van der Waals surface area contributed by atoms with E-state index in [9.17, 15) is 25.2 Å². The molecule has 5 aliphatic rings. The highest BCUT2D eigenvalue weighted by atomic mass is 16.7. The quantitative estimate of drug-likeness (QED) is 0.404. The molecule has 8 heteroatoms. The summed E-state index contributed by atoms with van der Waals surface area (Å²) in [4.78, 5) is 13.6. The Kier molecular flexibility index (Phi) is 7.01. The largest absolute Gasteiger partial charge is 0.494 e. The molecule has 0 aromatic heterocycles. The maximum atomic E-state index is 13.6. The predicted octanol–water partition coefficient (Wildman–Crippen LogP) is 3.31. The van der Waals surface area contributed by atoms with Gasteiger partial charge in [-0.05, 0) is 107 Å². The number of carbonyl (C=O) groups excluding carboxylic acids is 1. The van der Waals surface area contributed by atoms with Gasteiger partial charge in [-0.15, -0.1) is 0 Å². The van der Waals surface area contributed by atoms with Crippen LogP contribution in [0.25, 0.3) is 0 Å². The summed E-state index contributed by atoms with van der Waals surface area (Å²) >= 11 is 0. The van der Waals surface area contributed by atoms with Crippen molar-refractivity contribution < 1.29 is 34.5 Å². The highest BCUT2D eigenvalue weighted by Crippen LogP contribution is 2.69. The molecule has 1 heterocycles. The van der Waals surface area contributed by atoms with E-state index in [-0.39, 0.29) is 36.1 Å². The van der Waals surface area contributed by atoms with Crippen LogP contribution in [0.5, 0.6) is 0 Å². The number of aliphatic hydroxyl groups is 4. The average molecular weight is 567 g/mol. The summed E-state index contributed by atoms with van der Waals surface area (Å²) in [5, 5.41) is 44.3. The Morgan fingerprint density at radius 1 is 1.02 bits per heavy atom. The number of carbonyl (C=O) groups is 1. The normalized spacial score (nSPS) is 46.1. The lowest BCUT2D eigenvalue weighted by atomic mass is 9.45. The number of benzene rings is 1. The van der Waals surface area contributed by atoms with Gasteiger partial charge in [0.1, 0.15) is 0 Å². The summed E-state index contributed by atoms with van der Waals surface area (Å²) < 4.78 is 13.5. The molecule has 1 unspecified atom stereocenters. The van der Waals surface area contributed by atoms with Gasteiger partial charge in [0, 0.05) is 11.3 Å². The molecule has 224 valence electrons. The maximum Gasteiger partial charge on any atom is 0.494 e. The van der Waals surface area contributed by atoms with Crippen molar-refractivity contribution in [3.63, 3.8) is 0 Å². The molecular weight excluding hydrogens is 519 g/mol. The molecule has 41 heavy (non-hydrogen) atoms. The van der Waals surface area contributed by atoms with E-state index in [0.29, 0.717) is 25.7 Å². The number of aliphatic hydroxyl groups excluding tert-OH is 2. The van der Waals surface area contributed by atoms with Crippen LogP contribution < -0.4 is 5.46 Å². The standard InChI is InChI=1S/C33H47BO7/c1-29(2,38)14-13-28-32(5,41-34(40-28)20-9-7-6-8-10-20)27-12-16-33(39)22-17-24(35)23-18-25(36)26(37)19-30(23,3)21(22)11-15-31(27,33)4/h6-10,17,21,23,25-28,36-39H,11-16,18-19H2,1-5H3/t21?,23-,25+,26-,27-,28+,30+,31+,32+,33+/m0/s1. The molecule has 1 aromatic carbocycles. The van der Waals surface area contributed by atoms with Crippen LogP contribution in [-0.4, -0.2) is 68.4 Å². The Hall–Kier alpha value is -1.55. The van der Waals surface area contributed by atoms with Gasteiger partial charge in [0.25, 0.3) is 0 Å². The van der Waals surface area contributed by atoms with Gasteiger partial charge in [-0.2, -0.15) is 0 Å². The molecule has 1 aromatic rings. The molecule has 6 rings (SSSR count). The van der Waals surface area contributed by atoms with Gasteiger partial charge in [0.15, 0.2) is 5.78 Å². The average Bonchev–Trinajstić information content (AvgIpc) is 3.39. The Morgan fingerprint density at radius 3 is 2.41 bits per heavy atom. The van der Waals surface area contributed by atoms with Crippen molar-refractivity contribution in [3.8, 4) is 0 Å². The van der Waals surface area contributed by atoms with Crippen molar-refractivity contribution in [1.82, 2.24) is 0 Å². The second-order valence-electron chi connectivity index (χ2n) is 15.1. The zero-order chi connectivity index (χ0) is 29.6. The van der Waals surface area contributed by atoms with Crippen LogP contribution in [0, 0.1) is 28.6 Å². The molecule has 10 atom stereocenters. The number of fused-ring (bicyclic) bond motifs is 5. The van der Waals surface area contributed by atoms with E-state index in [4.69, 9.17) is 9.31 Å². The third kappa shape index (κ3) is 4.43. The predicted molar refractivity (Wildman–Crippen MR) is 156 cm³/mol. The summed E-state index contributed by atoms with van der Waals surface area (Å²) in [6.45, 7) is 9.99. The zero-order valence-electron chi connectivity index (χ0n) is 25.2. The van der Waals surface area contributed by atoms with Gasteiger partial charge >= 0.3 is 7.12 Å². The van der Waals surface area contributed by atoms with E-state index in [2.05, 4.69) is 20.8 Å². The monoisotopic (exact) mass is 566 g/mol. The number of ketones is 1. The highest BCUT2D eigenvalue weighted by molar-refractivity contribution is 6.62. The first-order chi connectivity index (χ1) is 19.1. The second kappa shape index (κ2) is 9.73. The number of hydrogen-bond acceptors (Lipinski definition) is 7. The van der Waals surface area contributed by atoms with Gasteiger partial charge in [0.2, 0.25) is 0 Å². The maximum absolute atomic E-state index is 13.6. The zero-order valence-corrected chi connectivity index (χ0v) is 25.2. The first-order valence-electron chi connectivity index (χ1n) is 15.6. The molecule has 0 amide bonds. The van der Waals surface area contributed by atoms with E-state index in [1.807, 2.05) is 44.2 Å². The number of allylic oxidation sites excluding steroid dienone is 1. The summed E-state index contributed by atoms with van der Waals surface area (Å²) in [5.74, 6) is -0.450. The second-order valence-corrected chi connectivity index (χ2v) is 15.1. The van der Waals surface area contributed by atoms with E-state index in [1.165, 1.54) is 0 Å². The van der Waals surface area contributed by atoms with Crippen LogP contribution in [0.4, 0.5) is 0 Å². The Labute approximate surface area is 244 Å². The summed E-state index contributed by atoms with van der Waals surface area (Å²) in [6, 6.07) is 9.93. The van der Waals surface area contributed by atoms with E-state index >= 15 is 0 Å².